The molecule has 2 aliphatic heterocycles. The molecule has 26 heavy (non-hydrogen) atoms. The summed E-state index contributed by atoms with van der Waals surface area (Å²) in [7, 11) is -3.32. The zero-order valence-electron chi connectivity index (χ0n) is 14.8. The number of nitrogens with one attached hydrogen (secondary N) is 1. The fraction of sp³-hybridized carbons (Fsp3) is 0.556. The lowest BCUT2D eigenvalue weighted by molar-refractivity contribution is -0.117. The monoisotopic (exact) mass is 379 g/mol. The number of carbonyl (C=O) groups excluding carboxylic acids is 2. The minimum atomic E-state index is -3.32. The van der Waals surface area contributed by atoms with Gasteiger partial charge in [-0.15, -0.1) is 0 Å². The Labute approximate surface area is 154 Å². The van der Waals surface area contributed by atoms with Gasteiger partial charge in [-0.25, -0.2) is 12.7 Å². The van der Waals surface area contributed by atoms with Gasteiger partial charge < -0.3 is 10.2 Å². The molecule has 0 unspecified atom stereocenters. The van der Waals surface area contributed by atoms with Crippen LogP contribution in [0.2, 0.25) is 0 Å². The van der Waals surface area contributed by atoms with Gasteiger partial charge >= 0.3 is 0 Å². The van der Waals surface area contributed by atoms with Crippen molar-refractivity contribution in [3.05, 3.63) is 29.8 Å². The van der Waals surface area contributed by atoms with Crippen LogP contribution < -0.4 is 10.2 Å². The topological polar surface area (TPSA) is 86.8 Å². The summed E-state index contributed by atoms with van der Waals surface area (Å²) in [5, 5.41) is 2.67. The molecule has 0 radical (unpaired) electrons. The van der Waals surface area contributed by atoms with Crippen molar-refractivity contribution < 1.29 is 18.0 Å². The molecule has 142 valence electrons. The molecule has 0 aromatic heterocycles. The average Bonchev–Trinajstić information content (AvgIpc) is 3.08. The molecule has 0 spiro atoms. The highest BCUT2D eigenvalue weighted by molar-refractivity contribution is 7.89. The van der Waals surface area contributed by atoms with Crippen molar-refractivity contribution in [3.63, 3.8) is 0 Å². The maximum atomic E-state index is 12.3. The van der Waals surface area contributed by atoms with Crippen LogP contribution in [0.3, 0.4) is 0 Å². The number of anilines is 1. The molecule has 0 aliphatic carbocycles. The molecular formula is C18H25N3O4S. The van der Waals surface area contributed by atoms with Gasteiger partial charge in [0.15, 0.2) is 0 Å². The number of piperidine rings is 1. The van der Waals surface area contributed by atoms with Crippen LogP contribution in [-0.4, -0.2) is 56.5 Å². The van der Waals surface area contributed by atoms with Gasteiger partial charge in [0.25, 0.3) is 5.91 Å². The van der Waals surface area contributed by atoms with Crippen molar-refractivity contribution in [1.29, 1.82) is 0 Å². The van der Waals surface area contributed by atoms with Crippen LogP contribution >= 0.6 is 0 Å². The Morgan fingerprint density at radius 1 is 1.08 bits per heavy atom. The Balaban J connectivity index is 1.56. The Morgan fingerprint density at radius 3 is 2.54 bits per heavy atom. The van der Waals surface area contributed by atoms with E-state index >= 15 is 0 Å². The lowest BCUT2D eigenvalue weighted by atomic mass is 10.1. The van der Waals surface area contributed by atoms with Gasteiger partial charge in [0.05, 0.1) is 5.75 Å². The highest BCUT2D eigenvalue weighted by Gasteiger charge is 2.24. The minimum Gasteiger partial charge on any atom is -0.351 e. The van der Waals surface area contributed by atoms with Crippen LogP contribution in [0.15, 0.2) is 24.3 Å². The summed E-state index contributed by atoms with van der Waals surface area (Å²) in [4.78, 5) is 25.9. The van der Waals surface area contributed by atoms with E-state index in [2.05, 4.69) is 5.32 Å². The Bertz CT molecular complexity index is 772. The summed E-state index contributed by atoms with van der Waals surface area (Å²) in [6, 6.07) is 6.89. The van der Waals surface area contributed by atoms with Crippen molar-refractivity contribution in [1.82, 2.24) is 9.62 Å². The van der Waals surface area contributed by atoms with Crippen LogP contribution in [0.5, 0.6) is 0 Å². The highest BCUT2D eigenvalue weighted by atomic mass is 32.2. The van der Waals surface area contributed by atoms with E-state index in [9.17, 15) is 18.0 Å². The lowest BCUT2D eigenvalue weighted by Gasteiger charge is -2.25. The summed E-state index contributed by atoms with van der Waals surface area (Å²) in [5.74, 6) is -0.356. The van der Waals surface area contributed by atoms with E-state index in [1.54, 1.807) is 29.2 Å². The number of nitrogens with zero attached hydrogens (tertiary/aromatic N) is 2. The normalized spacial score (nSPS) is 18.9. The van der Waals surface area contributed by atoms with E-state index in [4.69, 9.17) is 0 Å². The molecule has 2 fully saturated rings. The zero-order valence-corrected chi connectivity index (χ0v) is 15.6. The lowest BCUT2D eigenvalue weighted by Crippen LogP contribution is -2.40. The van der Waals surface area contributed by atoms with Gasteiger partial charge in [-0.05, 0) is 37.5 Å². The van der Waals surface area contributed by atoms with E-state index in [0.717, 1.165) is 25.7 Å². The number of hydrogen-bond acceptors (Lipinski definition) is 4. The van der Waals surface area contributed by atoms with Gasteiger partial charge in [0.1, 0.15) is 0 Å². The smallest absolute Gasteiger partial charge is 0.251 e. The predicted molar refractivity (Wildman–Crippen MR) is 99.6 cm³/mol. The molecule has 8 heteroatoms. The first-order valence-corrected chi connectivity index (χ1v) is 10.7. The second-order valence-electron chi connectivity index (χ2n) is 6.73. The van der Waals surface area contributed by atoms with Crippen molar-refractivity contribution >= 4 is 27.5 Å². The SMILES string of the molecule is O=C(NCCS(=O)(=O)N1CCCCC1)c1cccc(N2CCCC2=O)c1. The van der Waals surface area contributed by atoms with Gasteiger partial charge in [-0.3, -0.25) is 9.59 Å². The molecule has 1 aromatic carbocycles. The van der Waals surface area contributed by atoms with Gasteiger partial charge in [-0.2, -0.15) is 0 Å². The first kappa shape index (κ1) is 18.8. The van der Waals surface area contributed by atoms with Crippen LogP contribution in [0.25, 0.3) is 0 Å². The summed E-state index contributed by atoms with van der Waals surface area (Å²) in [6.07, 6.45) is 4.22. The molecule has 2 heterocycles. The highest BCUT2D eigenvalue weighted by Crippen LogP contribution is 2.22. The van der Waals surface area contributed by atoms with Crippen LogP contribution in [-0.2, 0) is 14.8 Å². The average molecular weight is 379 g/mol. The van der Waals surface area contributed by atoms with Crippen molar-refractivity contribution in [2.24, 2.45) is 0 Å². The minimum absolute atomic E-state index is 0.0650. The van der Waals surface area contributed by atoms with Gasteiger partial charge in [-0.1, -0.05) is 12.5 Å². The maximum absolute atomic E-state index is 12.3. The first-order valence-electron chi connectivity index (χ1n) is 9.14. The molecular weight excluding hydrogens is 354 g/mol. The first-order chi connectivity index (χ1) is 12.5. The third-order valence-electron chi connectivity index (χ3n) is 4.85. The molecule has 0 saturated carbocycles. The second kappa shape index (κ2) is 8.18. The third kappa shape index (κ3) is 4.42. The van der Waals surface area contributed by atoms with Crippen LogP contribution in [0.4, 0.5) is 5.69 Å². The molecule has 0 bridgehead atoms. The number of rotatable bonds is 6. The van der Waals surface area contributed by atoms with Crippen molar-refractivity contribution in [2.75, 3.05) is 36.8 Å². The van der Waals surface area contributed by atoms with E-state index < -0.39 is 10.0 Å². The number of sulfonamides is 1. The van der Waals surface area contributed by atoms with Gasteiger partial charge in [0.2, 0.25) is 15.9 Å². The Morgan fingerprint density at radius 2 is 1.85 bits per heavy atom. The fourth-order valence-electron chi connectivity index (χ4n) is 3.40. The maximum Gasteiger partial charge on any atom is 0.251 e. The van der Waals surface area contributed by atoms with E-state index in [-0.39, 0.29) is 24.1 Å². The molecule has 1 aromatic rings. The predicted octanol–water partition coefficient (Wildman–Crippen LogP) is 1.36. The fourth-order valence-corrected chi connectivity index (χ4v) is 4.84. The van der Waals surface area contributed by atoms with E-state index in [1.165, 1.54) is 4.31 Å². The quantitative estimate of drug-likeness (QED) is 0.808. The number of amides is 2. The summed E-state index contributed by atoms with van der Waals surface area (Å²) >= 11 is 0. The number of benzene rings is 1. The molecule has 2 amide bonds. The van der Waals surface area contributed by atoms with E-state index in [0.29, 0.717) is 37.3 Å². The molecule has 1 N–H and O–H groups in total. The Hall–Kier alpha value is -1.93. The summed E-state index contributed by atoms with van der Waals surface area (Å²) in [5.41, 5.74) is 1.14. The van der Waals surface area contributed by atoms with Crippen molar-refractivity contribution in [3.8, 4) is 0 Å². The standard InChI is InChI=1S/C18H25N3O4S/c22-17-8-5-12-21(17)16-7-4-6-15(14-16)18(23)19-9-13-26(24,25)20-10-2-1-3-11-20/h4,6-7,14H,1-3,5,8-13H2,(H,19,23). The Kier molecular flexibility index (Phi) is 5.93. The molecule has 3 rings (SSSR count). The third-order valence-corrected chi connectivity index (χ3v) is 6.72. The van der Waals surface area contributed by atoms with Gasteiger partial charge in [0, 0.05) is 43.9 Å². The summed E-state index contributed by atoms with van der Waals surface area (Å²) in [6.45, 7) is 1.88. The molecule has 2 saturated heterocycles. The van der Waals surface area contributed by atoms with Crippen molar-refractivity contribution in [2.45, 2.75) is 32.1 Å². The molecule has 7 nitrogen and oxygen atoms in total. The largest absolute Gasteiger partial charge is 0.351 e. The number of hydrogen-bond donors (Lipinski definition) is 1. The second-order valence-corrected chi connectivity index (χ2v) is 8.82. The zero-order chi connectivity index (χ0) is 18.6. The number of carbonyl (C=O) groups is 2. The van der Waals surface area contributed by atoms with Crippen LogP contribution in [0, 0.1) is 0 Å². The van der Waals surface area contributed by atoms with Crippen LogP contribution in [0.1, 0.15) is 42.5 Å². The van der Waals surface area contributed by atoms with E-state index in [1.807, 2.05) is 0 Å². The summed E-state index contributed by atoms with van der Waals surface area (Å²) < 4.78 is 26.1. The molecule has 2 aliphatic rings. The molecule has 0 atom stereocenters.